The van der Waals surface area contributed by atoms with Crippen molar-refractivity contribution >= 4 is 29.2 Å². The highest BCUT2D eigenvalue weighted by atomic mass is 19.1. The highest BCUT2D eigenvalue weighted by Crippen LogP contribution is 2.35. The summed E-state index contributed by atoms with van der Waals surface area (Å²) in [6.07, 6.45) is 2.14. The Morgan fingerprint density at radius 3 is 2.58 bits per heavy atom. The molecule has 4 rings (SSSR count). The van der Waals surface area contributed by atoms with Gasteiger partial charge in [-0.2, -0.15) is 4.98 Å². The first-order valence-electron chi connectivity index (χ1n) is 9.99. The van der Waals surface area contributed by atoms with Crippen LogP contribution in [0.15, 0.2) is 54.9 Å². The van der Waals surface area contributed by atoms with Crippen molar-refractivity contribution in [3.05, 3.63) is 66.2 Å². The molecule has 0 bridgehead atoms. The van der Waals surface area contributed by atoms with Crippen molar-refractivity contribution in [2.45, 2.75) is 25.4 Å². The van der Waals surface area contributed by atoms with Gasteiger partial charge in [-0.25, -0.2) is 14.4 Å². The predicted molar refractivity (Wildman–Crippen MR) is 116 cm³/mol. The van der Waals surface area contributed by atoms with Crippen molar-refractivity contribution in [1.82, 2.24) is 15.0 Å². The van der Waals surface area contributed by atoms with E-state index in [1.54, 1.807) is 30.3 Å². The highest BCUT2D eigenvalue weighted by molar-refractivity contribution is 5.89. The standard InChI is InChI=1S/C22H23FN6O2/c1-15(30)26-16-5-4-6-17(13-16)27-20-24-14-25-21(28-20)29-11-9-22(31,10-12-29)18-7-2-3-8-19(18)23/h2-8,13-14,31H,9-12H2,1H3,(H,26,30)(H,24,25,27,28). The summed E-state index contributed by atoms with van der Waals surface area (Å²) in [7, 11) is 0. The molecule has 0 radical (unpaired) electrons. The Kier molecular flexibility index (Phi) is 5.77. The van der Waals surface area contributed by atoms with Gasteiger partial charge in [-0.05, 0) is 37.1 Å². The van der Waals surface area contributed by atoms with E-state index >= 15 is 0 Å². The molecule has 0 unspecified atom stereocenters. The minimum absolute atomic E-state index is 0.153. The third-order valence-corrected chi connectivity index (χ3v) is 5.25. The third-order valence-electron chi connectivity index (χ3n) is 5.25. The molecule has 0 saturated carbocycles. The normalized spacial score (nSPS) is 15.4. The summed E-state index contributed by atoms with van der Waals surface area (Å²) in [6.45, 7) is 2.41. The molecular formula is C22H23FN6O2. The molecule has 9 heteroatoms. The van der Waals surface area contributed by atoms with E-state index in [0.717, 1.165) is 5.69 Å². The number of anilines is 4. The van der Waals surface area contributed by atoms with Crippen LogP contribution in [0.2, 0.25) is 0 Å². The van der Waals surface area contributed by atoms with E-state index in [1.165, 1.54) is 19.3 Å². The maximum absolute atomic E-state index is 14.2. The van der Waals surface area contributed by atoms with Gasteiger partial charge in [0.2, 0.25) is 17.8 Å². The molecule has 0 aliphatic carbocycles. The van der Waals surface area contributed by atoms with Gasteiger partial charge in [0.15, 0.2) is 0 Å². The van der Waals surface area contributed by atoms with Crippen molar-refractivity contribution in [2.24, 2.45) is 0 Å². The van der Waals surface area contributed by atoms with Gasteiger partial charge in [-0.15, -0.1) is 0 Å². The molecule has 1 amide bonds. The monoisotopic (exact) mass is 422 g/mol. The van der Waals surface area contributed by atoms with Crippen molar-refractivity contribution in [1.29, 1.82) is 0 Å². The molecule has 31 heavy (non-hydrogen) atoms. The smallest absolute Gasteiger partial charge is 0.231 e. The lowest BCUT2D eigenvalue weighted by molar-refractivity contribution is -0.114. The Labute approximate surface area is 179 Å². The molecule has 3 aromatic rings. The van der Waals surface area contributed by atoms with Crippen LogP contribution < -0.4 is 15.5 Å². The number of carbonyl (C=O) groups is 1. The molecule has 2 heterocycles. The highest BCUT2D eigenvalue weighted by Gasteiger charge is 2.36. The van der Waals surface area contributed by atoms with Gasteiger partial charge >= 0.3 is 0 Å². The fraction of sp³-hybridized carbons (Fsp3) is 0.273. The van der Waals surface area contributed by atoms with E-state index in [4.69, 9.17) is 0 Å². The Bertz CT molecular complexity index is 1080. The second-order valence-corrected chi connectivity index (χ2v) is 7.49. The average molecular weight is 422 g/mol. The van der Waals surface area contributed by atoms with Gasteiger partial charge in [-0.3, -0.25) is 4.79 Å². The number of aliphatic hydroxyl groups is 1. The van der Waals surface area contributed by atoms with E-state index in [-0.39, 0.29) is 5.91 Å². The first-order valence-corrected chi connectivity index (χ1v) is 9.99. The van der Waals surface area contributed by atoms with E-state index in [2.05, 4.69) is 25.6 Å². The van der Waals surface area contributed by atoms with Crippen LogP contribution in [-0.4, -0.2) is 39.1 Å². The van der Waals surface area contributed by atoms with Crippen LogP contribution in [0.25, 0.3) is 0 Å². The largest absolute Gasteiger partial charge is 0.385 e. The van der Waals surface area contributed by atoms with Gasteiger partial charge in [0.05, 0.1) is 5.60 Å². The lowest BCUT2D eigenvalue weighted by Gasteiger charge is -2.38. The Morgan fingerprint density at radius 2 is 1.84 bits per heavy atom. The number of nitrogens with one attached hydrogen (secondary N) is 2. The van der Waals surface area contributed by atoms with Gasteiger partial charge in [-0.1, -0.05) is 24.3 Å². The Morgan fingerprint density at radius 1 is 1.10 bits per heavy atom. The minimum Gasteiger partial charge on any atom is -0.385 e. The molecule has 1 fully saturated rings. The lowest BCUT2D eigenvalue weighted by atomic mass is 9.84. The minimum atomic E-state index is -1.21. The SMILES string of the molecule is CC(=O)Nc1cccc(Nc2ncnc(N3CCC(O)(c4ccccc4F)CC3)n2)c1. The number of hydrogen-bond acceptors (Lipinski definition) is 7. The van der Waals surface area contributed by atoms with E-state index in [0.29, 0.717) is 49.1 Å². The summed E-state index contributed by atoms with van der Waals surface area (Å²) in [6, 6.07) is 13.6. The maximum atomic E-state index is 14.2. The Balaban J connectivity index is 1.45. The average Bonchev–Trinajstić information content (AvgIpc) is 2.74. The van der Waals surface area contributed by atoms with E-state index in [9.17, 15) is 14.3 Å². The number of piperidine rings is 1. The second kappa shape index (κ2) is 8.65. The van der Waals surface area contributed by atoms with Gasteiger partial charge in [0.25, 0.3) is 0 Å². The molecule has 2 aromatic carbocycles. The van der Waals surface area contributed by atoms with Gasteiger partial charge in [0.1, 0.15) is 12.1 Å². The second-order valence-electron chi connectivity index (χ2n) is 7.49. The van der Waals surface area contributed by atoms with Crippen LogP contribution in [0, 0.1) is 5.82 Å². The number of carbonyl (C=O) groups excluding carboxylic acids is 1. The number of hydrogen-bond donors (Lipinski definition) is 3. The fourth-order valence-corrected chi connectivity index (χ4v) is 3.69. The van der Waals surface area contributed by atoms with Crippen LogP contribution in [0.5, 0.6) is 0 Å². The third kappa shape index (κ3) is 4.77. The fourth-order valence-electron chi connectivity index (χ4n) is 3.69. The predicted octanol–water partition coefficient (Wildman–Crippen LogP) is 3.20. The molecule has 160 valence electrons. The summed E-state index contributed by atoms with van der Waals surface area (Å²) in [5.41, 5.74) is 0.498. The first-order chi connectivity index (χ1) is 14.9. The first kappa shape index (κ1) is 20.7. The van der Waals surface area contributed by atoms with Crippen LogP contribution in [-0.2, 0) is 10.4 Å². The maximum Gasteiger partial charge on any atom is 0.231 e. The number of rotatable bonds is 5. The molecule has 8 nitrogen and oxygen atoms in total. The van der Waals surface area contributed by atoms with Crippen molar-refractivity contribution < 1.29 is 14.3 Å². The summed E-state index contributed by atoms with van der Waals surface area (Å²) < 4.78 is 14.2. The van der Waals surface area contributed by atoms with Gasteiger partial charge < -0.3 is 20.6 Å². The zero-order chi connectivity index (χ0) is 21.8. The number of nitrogens with zero attached hydrogens (tertiary/aromatic N) is 4. The van der Waals surface area contributed by atoms with Crippen LogP contribution in [0.4, 0.5) is 27.7 Å². The van der Waals surface area contributed by atoms with Gasteiger partial charge in [0, 0.05) is 37.0 Å². The molecule has 1 aliphatic rings. The summed E-state index contributed by atoms with van der Waals surface area (Å²) >= 11 is 0. The number of halogens is 1. The summed E-state index contributed by atoms with van der Waals surface area (Å²) in [5.74, 6) is 0.289. The van der Waals surface area contributed by atoms with Crippen LogP contribution in [0.3, 0.4) is 0 Å². The number of aromatic nitrogens is 3. The molecule has 1 aliphatic heterocycles. The molecule has 3 N–H and O–H groups in total. The molecule has 1 saturated heterocycles. The summed E-state index contributed by atoms with van der Waals surface area (Å²) in [4.78, 5) is 26.1. The molecular weight excluding hydrogens is 399 g/mol. The van der Waals surface area contributed by atoms with E-state index < -0.39 is 11.4 Å². The molecule has 1 aromatic heterocycles. The number of benzene rings is 2. The Hall–Kier alpha value is -3.59. The zero-order valence-corrected chi connectivity index (χ0v) is 17.0. The molecule has 0 atom stereocenters. The van der Waals surface area contributed by atoms with Crippen molar-refractivity contribution in [2.75, 3.05) is 28.6 Å². The lowest BCUT2D eigenvalue weighted by Crippen LogP contribution is -2.43. The topological polar surface area (TPSA) is 103 Å². The van der Waals surface area contributed by atoms with Crippen LogP contribution >= 0.6 is 0 Å². The van der Waals surface area contributed by atoms with E-state index in [1.807, 2.05) is 17.0 Å². The quantitative estimate of drug-likeness (QED) is 0.580. The molecule has 0 spiro atoms. The van der Waals surface area contributed by atoms with Crippen LogP contribution in [0.1, 0.15) is 25.3 Å². The van der Waals surface area contributed by atoms with Crippen molar-refractivity contribution in [3.8, 4) is 0 Å². The number of amides is 1. The summed E-state index contributed by atoms with van der Waals surface area (Å²) in [5, 5.41) is 16.8. The van der Waals surface area contributed by atoms with Crippen molar-refractivity contribution in [3.63, 3.8) is 0 Å². The zero-order valence-electron chi connectivity index (χ0n) is 17.0.